The summed E-state index contributed by atoms with van der Waals surface area (Å²) < 4.78 is 62.3. The summed E-state index contributed by atoms with van der Waals surface area (Å²) in [6.07, 6.45) is 0. The summed E-state index contributed by atoms with van der Waals surface area (Å²) in [7, 11) is -5.71. The van der Waals surface area contributed by atoms with Gasteiger partial charge in [-0.15, -0.1) is 0 Å². The van der Waals surface area contributed by atoms with Crippen LogP contribution in [0.1, 0.15) is 53.4 Å². The minimum absolute atomic E-state index is 0.132. The van der Waals surface area contributed by atoms with E-state index in [-0.39, 0.29) is 17.0 Å². The van der Waals surface area contributed by atoms with E-state index >= 15 is 0 Å². The molecule has 0 atom stereocenters. The quantitative estimate of drug-likeness (QED) is 0.419. The second kappa shape index (κ2) is 9.84. The SMILES string of the molecule is Cc1c(-c2ccc(C#N)cc2)cc(C(C)(C)C)c(O)c1C(=O)Nc1ccc(S(=O)(=O)C(F)(F)F)cc1C#N. The topological polar surface area (TPSA) is 131 Å². The molecule has 0 aliphatic heterocycles. The summed E-state index contributed by atoms with van der Waals surface area (Å²) in [6, 6.07) is 14.0. The Labute approximate surface area is 217 Å². The van der Waals surface area contributed by atoms with Crippen molar-refractivity contribution in [1.82, 2.24) is 0 Å². The summed E-state index contributed by atoms with van der Waals surface area (Å²) in [5, 5.41) is 32.0. The number of rotatable bonds is 4. The Morgan fingerprint density at radius 3 is 2.08 bits per heavy atom. The van der Waals surface area contributed by atoms with Gasteiger partial charge in [0, 0.05) is 5.56 Å². The van der Waals surface area contributed by atoms with Crippen molar-refractivity contribution in [3.63, 3.8) is 0 Å². The molecule has 196 valence electrons. The maximum atomic E-state index is 13.4. The Kier molecular flexibility index (Phi) is 7.31. The van der Waals surface area contributed by atoms with Crippen LogP contribution in [-0.4, -0.2) is 24.9 Å². The minimum atomic E-state index is -5.71. The number of phenolic OH excluding ortho intramolecular Hbond substituents is 1. The molecule has 0 fully saturated rings. The lowest BCUT2D eigenvalue weighted by atomic mass is 9.81. The lowest BCUT2D eigenvalue weighted by Gasteiger charge is -2.25. The largest absolute Gasteiger partial charge is 0.507 e. The minimum Gasteiger partial charge on any atom is -0.507 e. The van der Waals surface area contributed by atoms with E-state index in [1.165, 1.54) is 0 Å². The van der Waals surface area contributed by atoms with Gasteiger partial charge in [-0.1, -0.05) is 32.9 Å². The van der Waals surface area contributed by atoms with Gasteiger partial charge in [-0.3, -0.25) is 4.79 Å². The third-order valence-electron chi connectivity index (χ3n) is 5.89. The zero-order valence-electron chi connectivity index (χ0n) is 20.7. The summed E-state index contributed by atoms with van der Waals surface area (Å²) in [5.74, 6) is -1.18. The molecule has 0 bridgehead atoms. The molecule has 0 radical (unpaired) electrons. The molecule has 11 heteroatoms. The van der Waals surface area contributed by atoms with Crippen molar-refractivity contribution in [1.29, 1.82) is 10.5 Å². The Morgan fingerprint density at radius 2 is 1.58 bits per heavy atom. The number of alkyl halides is 3. The van der Waals surface area contributed by atoms with Crippen LogP contribution in [0.2, 0.25) is 0 Å². The number of hydrogen-bond acceptors (Lipinski definition) is 6. The highest BCUT2D eigenvalue weighted by Gasteiger charge is 2.47. The number of aromatic hydroxyl groups is 1. The summed E-state index contributed by atoms with van der Waals surface area (Å²) >= 11 is 0. The van der Waals surface area contributed by atoms with Gasteiger partial charge in [-0.2, -0.15) is 23.7 Å². The Morgan fingerprint density at radius 1 is 0.974 bits per heavy atom. The highest BCUT2D eigenvalue weighted by Crippen LogP contribution is 2.41. The van der Waals surface area contributed by atoms with E-state index in [4.69, 9.17) is 5.26 Å². The number of carbonyl (C=O) groups is 1. The molecular formula is C27H22F3N3O4S. The predicted octanol–water partition coefficient (Wildman–Crippen LogP) is 5.95. The number of sulfone groups is 1. The number of halogens is 3. The molecule has 3 aromatic rings. The fourth-order valence-corrected chi connectivity index (χ4v) is 4.64. The number of nitriles is 2. The maximum Gasteiger partial charge on any atom is 0.501 e. The number of nitrogens with one attached hydrogen (secondary N) is 1. The highest BCUT2D eigenvalue weighted by atomic mass is 32.2. The van der Waals surface area contributed by atoms with Crippen molar-refractivity contribution in [2.45, 2.75) is 43.5 Å². The number of carbonyl (C=O) groups excluding carboxylic acids is 1. The summed E-state index contributed by atoms with van der Waals surface area (Å²) in [4.78, 5) is 12.3. The Balaban J connectivity index is 2.16. The van der Waals surface area contributed by atoms with E-state index in [1.54, 1.807) is 43.3 Å². The van der Waals surface area contributed by atoms with Gasteiger partial charge in [0.05, 0.1) is 33.3 Å². The first-order valence-electron chi connectivity index (χ1n) is 11.1. The van der Waals surface area contributed by atoms with Crippen LogP contribution < -0.4 is 5.32 Å². The average Bonchev–Trinajstić information content (AvgIpc) is 2.83. The molecule has 0 aliphatic carbocycles. The second-order valence-electron chi connectivity index (χ2n) is 9.48. The molecule has 0 saturated carbocycles. The normalized spacial score (nSPS) is 11.9. The van der Waals surface area contributed by atoms with Crippen LogP contribution in [0, 0.1) is 29.6 Å². The number of benzene rings is 3. The van der Waals surface area contributed by atoms with E-state index in [2.05, 4.69) is 5.32 Å². The third-order valence-corrected chi connectivity index (χ3v) is 7.38. The van der Waals surface area contributed by atoms with Gasteiger partial charge >= 0.3 is 5.51 Å². The van der Waals surface area contributed by atoms with Gasteiger partial charge in [-0.05, 0) is 65.4 Å². The van der Waals surface area contributed by atoms with Crippen molar-refractivity contribution in [3.05, 3.63) is 76.3 Å². The first-order chi connectivity index (χ1) is 17.5. The van der Waals surface area contributed by atoms with Crippen molar-refractivity contribution in [2.24, 2.45) is 0 Å². The molecule has 3 aromatic carbocycles. The molecule has 0 aliphatic rings. The average molecular weight is 542 g/mol. The van der Waals surface area contributed by atoms with Crippen LogP contribution in [0.25, 0.3) is 11.1 Å². The maximum absolute atomic E-state index is 13.4. The van der Waals surface area contributed by atoms with Crippen LogP contribution in [-0.2, 0) is 15.3 Å². The first-order valence-corrected chi connectivity index (χ1v) is 12.6. The third kappa shape index (κ3) is 5.20. The number of amides is 1. The predicted molar refractivity (Wildman–Crippen MR) is 134 cm³/mol. The van der Waals surface area contributed by atoms with Crippen LogP contribution >= 0.6 is 0 Å². The fraction of sp³-hybridized carbons (Fsp3) is 0.222. The molecule has 0 aromatic heterocycles. The Hall–Kier alpha value is -4.35. The molecule has 2 N–H and O–H groups in total. The standard InChI is InChI=1S/C27H22F3N3O4S/c1-15-20(17-7-5-16(13-31)6-8-17)12-21(26(2,3)4)24(34)23(15)25(35)33-22-10-9-19(11-18(22)14-32)38(36,37)27(28,29)30/h5-12,34H,1-4H3,(H,33,35). The monoisotopic (exact) mass is 541 g/mol. The van der Waals surface area contributed by atoms with Crippen LogP contribution in [0.5, 0.6) is 5.75 Å². The zero-order valence-corrected chi connectivity index (χ0v) is 21.5. The van der Waals surface area contributed by atoms with Crippen molar-refractivity contribution in [2.75, 3.05) is 5.32 Å². The molecule has 0 spiro atoms. The van der Waals surface area contributed by atoms with Gasteiger partial charge < -0.3 is 10.4 Å². The molecule has 38 heavy (non-hydrogen) atoms. The van der Waals surface area contributed by atoms with Gasteiger partial charge in [0.1, 0.15) is 11.8 Å². The summed E-state index contributed by atoms with van der Waals surface area (Å²) in [5.41, 5.74) is -4.57. The van der Waals surface area contributed by atoms with Gasteiger partial charge in [0.2, 0.25) is 0 Å². The lowest BCUT2D eigenvalue weighted by molar-refractivity contribution is -0.0436. The van der Waals surface area contributed by atoms with E-state index < -0.39 is 37.1 Å². The van der Waals surface area contributed by atoms with E-state index in [9.17, 15) is 36.8 Å². The number of anilines is 1. The number of nitrogens with zero attached hydrogens (tertiary/aromatic N) is 2. The van der Waals surface area contributed by atoms with Crippen molar-refractivity contribution < 1.29 is 31.5 Å². The van der Waals surface area contributed by atoms with E-state index in [1.807, 2.05) is 26.8 Å². The van der Waals surface area contributed by atoms with E-state index in [0.29, 0.717) is 39.9 Å². The van der Waals surface area contributed by atoms with Crippen molar-refractivity contribution >= 4 is 21.4 Å². The van der Waals surface area contributed by atoms with Crippen LogP contribution in [0.3, 0.4) is 0 Å². The molecule has 7 nitrogen and oxygen atoms in total. The molecule has 0 unspecified atom stereocenters. The molecular weight excluding hydrogens is 519 g/mol. The fourth-order valence-electron chi connectivity index (χ4n) is 3.85. The van der Waals surface area contributed by atoms with Crippen molar-refractivity contribution in [3.8, 4) is 29.0 Å². The first kappa shape index (κ1) is 28.2. The number of phenols is 1. The van der Waals surface area contributed by atoms with Gasteiger partial charge in [-0.25, -0.2) is 8.42 Å². The second-order valence-corrected chi connectivity index (χ2v) is 11.4. The van der Waals surface area contributed by atoms with Gasteiger partial charge in [0.25, 0.3) is 15.7 Å². The molecule has 0 heterocycles. The highest BCUT2D eigenvalue weighted by molar-refractivity contribution is 7.92. The molecule has 1 amide bonds. The van der Waals surface area contributed by atoms with E-state index in [0.717, 1.165) is 6.07 Å². The smallest absolute Gasteiger partial charge is 0.501 e. The van der Waals surface area contributed by atoms with Crippen LogP contribution in [0.4, 0.5) is 18.9 Å². The Bertz CT molecular complexity index is 1620. The lowest BCUT2D eigenvalue weighted by Crippen LogP contribution is -2.23. The van der Waals surface area contributed by atoms with Crippen LogP contribution in [0.15, 0.2) is 53.4 Å². The number of hydrogen-bond donors (Lipinski definition) is 2. The zero-order chi connectivity index (χ0) is 28.6. The molecule has 3 rings (SSSR count). The van der Waals surface area contributed by atoms with Gasteiger partial charge in [0.15, 0.2) is 0 Å². The summed E-state index contributed by atoms with van der Waals surface area (Å²) in [6.45, 7) is 7.08. The molecule has 0 saturated heterocycles.